The van der Waals surface area contributed by atoms with Gasteiger partial charge in [-0.15, -0.1) is 0 Å². The quantitative estimate of drug-likeness (QED) is 0.195. The molecule has 190 valence electrons. The molecule has 2 saturated heterocycles. The molecule has 2 amide bonds. The Bertz CT molecular complexity index is 930. The number of hydrogen-bond donors (Lipinski definition) is 1. The highest BCUT2D eigenvalue weighted by molar-refractivity contribution is 8.26. The molecule has 2 fully saturated rings. The molecule has 0 radical (unpaired) electrons. The van der Waals surface area contributed by atoms with Crippen molar-refractivity contribution >= 4 is 52.2 Å². The summed E-state index contributed by atoms with van der Waals surface area (Å²) in [5, 5.41) is 2.99. The van der Waals surface area contributed by atoms with Crippen LogP contribution in [0.25, 0.3) is 6.08 Å². The number of unbranched alkanes of at least 4 members (excludes halogenated alkanes) is 2. The van der Waals surface area contributed by atoms with Crippen LogP contribution in [-0.4, -0.2) is 85.0 Å². The van der Waals surface area contributed by atoms with Crippen molar-refractivity contribution in [2.45, 2.75) is 32.1 Å². The number of esters is 1. The molecular formula is C25H33N3O5S2. The first-order valence-corrected chi connectivity index (χ1v) is 13.2. The zero-order valence-corrected chi connectivity index (χ0v) is 21.8. The second-order valence-electron chi connectivity index (χ2n) is 8.42. The molecule has 35 heavy (non-hydrogen) atoms. The minimum absolute atomic E-state index is 0.0822. The van der Waals surface area contributed by atoms with Crippen molar-refractivity contribution in [3.05, 3.63) is 40.3 Å². The number of rotatable bonds is 12. The van der Waals surface area contributed by atoms with Crippen LogP contribution in [0.4, 0.5) is 0 Å². The fourth-order valence-corrected chi connectivity index (χ4v) is 5.16. The number of amides is 2. The standard InChI is InChI=1S/C25H33N3O5S2/c1-32-24(31)20-9-7-19(8-10-20)18-21-23(30)28(25(34)35-21)13-4-2-3-6-22(29)26-11-5-12-27-14-16-33-17-15-27/h7-10,18H,2-6,11-17H2,1H3,(H,26,29). The fourth-order valence-electron chi connectivity index (χ4n) is 3.85. The zero-order valence-electron chi connectivity index (χ0n) is 20.1. The Labute approximate surface area is 216 Å². The van der Waals surface area contributed by atoms with Crippen molar-refractivity contribution < 1.29 is 23.9 Å². The Kier molecular flexibility index (Phi) is 11.2. The molecule has 0 aliphatic carbocycles. The molecular weight excluding hydrogens is 486 g/mol. The van der Waals surface area contributed by atoms with E-state index < -0.39 is 5.97 Å². The van der Waals surface area contributed by atoms with Crippen LogP contribution >= 0.6 is 24.0 Å². The van der Waals surface area contributed by atoms with Crippen LogP contribution in [0.15, 0.2) is 29.2 Å². The molecule has 0 aromatic heterocycles. The van der Waals surface area contributed by atoms with Gasteiger partial charge in [0.2, 0.25) is 5.91 Å². The van der Waals surface area contributed by atoms with E-state index in [0.29, 0.717) is 34.3 Å². The number of thioether (sulfide) groups is 1. The Morgan fingerprint density at radius 3 is 2.57 bits per heavy atom. The van der Waals surface area contributed by atoms with E-state index in [4.69, 9.17) is 21.7 Å². The van der Waals surface area contributed by atoms with Gasteiger partial charge in [0, 0.05) is 32.6 Å². The summed E-state index contributed by atoms with van der Waals surface area (Å²) in [6.45, 7) is 5.76. The molecule has 1 N–H and O–H groups in total. The second kappa shape index (κ2) is 14.3. The van der Waals surface area contributed by atoms with Gasteiger partial charge in [0.1, 0.15) is 4.32 Å². The lowest BCUT2D eigenvalue weighted by atomic mass is 10.1. The lowest BCUT2D eigenvalue weighted by Gasteiger charge is -2.26. The first kappa shape index (κ1) is 27.3. The summed E-state index contributed by atoms with van der Waals surface area (Å²) in [4.78, 5) is 40.9. The average Bonchev–Trinajstić information content (AvgIpc) is 3.14. The van der Waals surface area contributed by atoms with Crippen molar-refractivity contribution in [3.63, 3.8) is 0 Å². The number of nitrogens with one attached hydrogen (secondary N) is 1. The van der Waals surface area contributed by atoms with Gasteiger partial charge in [0.25, 0.3) is 5.91 Å². The van der Waals surface area contributed by atoms with Crippen LogP contribution in [-0.2, 0) is 19.1 Å². The normalized spacial score (nSPS) is 17.7. The van der Waals surface area contributed by atoms with Gasteiger partial charge in [-0.1, -0.05) is 42.5 Å². The van der Waals surface area contributed by atoms with Gasteiger partial charge >= 0.3 is 5.97 Å². The highest BCUT2D eigenvalue weighted by atomic mass is 32.2. The molecule has 0 spiro atoms. The van der Waals surface area contributed by atoms with Gasteiger partial charge in [0.15, 0.2) is 0 Å². The number of benzene rings is 1. The van der Waals surface area contributed by atoms with E-state index in [2.05, 4.69) is 10.2 Å². The van der Waals surface area contributed by atoms with E-state index in [1.807, 2.05) is 0 Å². The molecule has 0 unspecified atom stereocenters. The summed E-state index contributed by atoms with van der Waals surface area (Å²) in [6, 6.07) is 6.87. The maximum atomic E-state index is 12.8. The van der Waals surface area contributed by atoms with Crippen molar-refractivity contribution in [2.75, 3.05) is 53.0 Å². The van der Waals surface area contributed by atoms with Crippen LogP contribution in [0, 0.1) is 0 Å². The molecule has 3 rings (SSSR count). The predicted octanol–water partition coefficient (Wildman–Crippen LogP) is 3.07. The Balaban J connectivity index is 1.31. The van der Waals surface area contributed by atoms with Gasteiger partial charge in [0.05, 0.1) is 30.8 Å². The van der Waals surface area contributed by atoms with Crippen LogP contribution in [0.5, 0.6) is 0 Å². The minimum Gasteiger partial charge on any atom is -0.465 e. The predicted molar refractivity (Wildman–Crippen MR) is 141 cm³/mol. The number of ether oxygens (including phenoxy) is 2. The summed E-state index contributed by atoms with van der Waals surface area (Å²) in [5.41, 5.74) is 1.27. The zero-order chi connectivity index (χ0) is 25.0. The molecule has 2 aliphatic heterocycles. The maximum Gasteiger partial charge on any atom is 0.337 e. The maximum absolute atomic E-state index is 12.8. The molecule has 1 aromatic rings. The number of methoxy groups -OCH3 is 1. The summed E-state index contributed by atoms with van der Waals surface area (Å²) in [7, 11) is 1.34. The third-order valence-corrected chi connectivity index (χ3v) is 7.24. The minimum atomic E-state index is -0.399. The van der Waals surface area contributed by atoms with E-state index in [1.165, 1.54) is 18.9 Å². The van der Waals surface area contributed by atoms with Crippen LogP contribution in [0.2, 0.25) is 0 Å². The van der Waals surface area contributed by atoms with E-state index in [9.17, 15) is 14.4 Å². The number of hydrogen-bond acceptors (Lipinski definition) is 8. The first-order chi connectivity index (χ1) is 17.0. The Morgan fingerprint density at radius 2 is 1.86 bits per heavy atom. The van der Waals surface area contributed by atoms with E-state index >= 15 is 0 Å². The van der Waals surface area contributed by atoms with Gasteiger partial charge in [-0.3, -0.25) is 19.4 Å². The van der Waals surface area contributed by atoms with Crippen LogP contribution in [0.3, 0.4) is 0 Å². The van der Waals surface area contributed by atoms with E-state index in [0.717, 1.165) is 64.1 Å². The lowest BCUT2D eigenvalue weighted by molar-refractivity contribution is -0.122. The molecule has 10 heteroatoms. The molecule has 0 atom stereocenters. The Hall–Kier alpha value is -2.27. The van der Waals surface area contributed by atoms with E-state index in [1.54, 1.807) is 35.2 Å². The van der Waals surface area contributed by atoms with Crippen molar-refractivity contribution in [1.29, 1.82) is 0 Å². The molecule has 8 nitrogen and oxygen atoms in total. The van der Waals surface area contributed by atoms with Crippen molar-refractivity contribution in [3.8, 4) is 0 Å². The van der Waals surface area contributed by atoms with Gasteiger partial charge < -0.3 is 14.8 Å². The Morgan fingerprint density at radius 1 is 1.11 bits per heavy atom. The number of morpholine rings is 1. The fraction of sp³-hybridized carbons (Fsp3) is 0.520. The lowest BCUT2D eigenvalue weighted by Crippen LogP contribution is -2.38. The summed E-state index contributed by atoms with van der Waals surface area (Å²) >= 11 is 6.68. The van der Waals surface area contributed by atoms with Gasteiger partial charge in [-0.25, -0.2) is 4.79 Å². The molecule has 0 saturated carbocycles. The molecule has 1 aromatic carbocycles. The van der Waals surface area contributed by atoms with Crippen LogP contribution in [0.1, 0.15) is 48.0 Å². The number of carbonyl (C=O) groups is 3. The highest BCUT2D eigenvalue weighted by Gasteiger charge is 2.31. The third kappa shape index (κ3) is 8.71. The molecule has 0 bridgehead atoms. The second-order valence-corrected chi connectivity index (χ2v) is 10.1. The molecule has 2 heterocycles. The summed E-state index contributed by atoms with van der Waals surface area (Å²) < 4.78 is 10.6. The smallest absolute Gasteiger partial charge is 0.337 e. The number of carbonyl (C=O) groups excluding carboxylic acids is 3. The highest BCUT2D eigenvalue weighted by Crippen LogP contribution is 2.32. The van der Waals surface area contributed by atoms with Gasteiger partial charge in [-0.2, -0.15) is 0 Å². The van der Waals surface area contributed by atoms with Crippen LogP contribution < -0.4 is 5.32 Å². The van der Waals surface area contributed by atoms with Gasteiger partial charge in [-0.05, 0) is 49.6 Å². The van der Waals surface area contributed by atoms with E-state index in [-0.39, 0.29) is 11.8 Å². The number of thiocarbonyl (C=S) groups is 1. The van der Waals surface area contributed by atoms with Crippen molar-refractivity contribution in [2.24, 2.45) is 0 Å². The molecule has 2 aliphatic rings. The first-order valence-electron chi connectivity index (χ1n) is 12.0. The topological polar surface area (TPSA) is 88.2 Å². The number of nitrogens with zero attached hydrogens (tertiary/aromatic N) is 2. The average molecular weight is 520 g/mol. The van der Waals surface area contributed by atoms with Crippen molar-refractivity contribution in [1.82, 2.24) is 15.1 Å². The summed E-state index contributed by atoms with van der Waals surface area (Å²) in [6.07, 6.45) is 5.65. The summed E-state index contributed by atoms with van der Waals surface area (Å²) in [5.74, 6) is -0.419. The largest absolute Gasteiger partial charge is 0.465 e. The SMILES string of the molecule is COC(=O)c1ccc(C=C2SC(=S)N(CCCCCC(=O)NCCCN3CCOCC3)C2=O)cc1. The third-order valence-electron chi connectivity index (χ3n) is 5.87. The monoisotopic (exact) mass is 519 g/mol.